The van der Waals surface area contributed by atoms with E-state index in [4.69, 9.17) is 4.18 Å². The molecule has 2 aromatic carbocycles. The fourth-order valence-electron chi connectivity index (χ4n) is 1.92. The van der Waals surface area contributed by atoms with E-state index in [0.717, 1.165) is 12.1 Å². The lowest BCUT2D eigenvalue weighted by Gasteiger charge is -2.10. The Hall–Kier alpha value is -2.61. The molecule has 0 aliphatic rings. The number of nitro groups is 1. The second-order valence-corrected chi connectivity index (χ2v) is 6.26. The molecule has 0 saturated carbocycles. The minimum atomic E-state index is -4.25. The summed E-state index contributed by atoms with van der Waals surface area (Å²) in [5, 5.41) is 20.2. The maximum atomic E-state index is 12.3. The number of phenols is 1. The van der Waals surface area contributed by atoms with Crippen LogP contribution in [-0.2, 0) is 10.1 Å². The fraction of sp³-hybridized carbons (Fsp3) is 0.143. The number of non-ortho nitro benzene ring substituents is 1. The quantitative estimate of drug-likeness (QED) is 0.526. The maximum Gasteiger partial charge on any atom is 0.339 e. The molecule has 0 amide bonds. The minimum Gasteiger partial charge on any atom is -0.508 e. The first-order valence-electron chi connectivity index (χ1n) is 6.19. The summed E-state index contributed by atoms with van der Waals surface area (Å²) < 4.78 is 29.5. The van der Waals surface area contributed by atoms with E-state index in [-0.39, 0.29) is 22.1 Å². The first-order valence-corrected chi connectivity index (χ1v) is 7.60. The van der Waals surface area contributed by atoms with Gasteiger partial charge in [-0.2, -0.15) is 8.42 Å². The van der Waals surface area contributed by atoms with Gasteiger partial charge < -0.3 is 9.29 Å². The predicted molar refractivity (Wildman–Crippen MR) is 78.5 cm³/mol. The summed E-state index contributed by atoms with van der Waals surface area (Å²) >= 11 is 0. The molecular weight excluding hydrogens is 310 g/mol. The van der Waals surface area contributed by atoms with Crippen molar-refractivity contribution in [2.75, 3.05) is 0 Å². The predicted octanol–water partition coefficient (Wildman–Crippen LogP) is 2.68. The van der Waals surface area contributed by atoms with Crippen molar-refractivity contribution in [2.24, 2.45) is 0 Å². The van der Waals surface area contributed by atoms with Gasteiger partial charge in [0.1, 0.15) is 16.4 Å². The van der Waals surface area contributed by atoms with Crippen molar-refractivity contribution in [3.8, 4) is 11.5 Å². The summed E-state index contributed by atoms with van der Waals surface area (Å²) in [6.45, 7) is 3.17. The van der Waals surface area contributed by atoms with Gasteiger partial charge in [-0.25, -0.2) is 0 Å². The topological polar surface area (TPSA) is 107 Å². The summed E-state index contributed by atoms with van der Waals surface area (Å²) in [6, 6.07) is 7.52. The van der Waals surface area contributed by atoms with Crippen molar-refractivity contribution < 1.29 is 22.6 Å². The molecule has 0 spiro atoms. The second kappa shape index (κ2) is 5.64. The number of aromatic hydroxyl groups is 1. The molecule has 1 N–H and O–H groups in total. The van der Waals surface area contributed by atoms with Gasteiger partial charge in [0, 0.05) is 18.2 Å². The molecule has 0 bridgehead atoms. The summed E-state index contributed by atoms with van der Waals surface area (Å²) in [4.78, 5) is 9.80. The van der Waals surface area contributed by atoms with Crippen molar-refractivity contribution in [2.45, 2.75) is 18.7 Å². The highest BCUT2D eigenvalue weighted by molar-refractivity contribution is 7.87. The van der Waals surface area contributed by atoms with Gasteiger partial charge in [0.05, 0.1) is 4.92 Å². The molecule has 2 rings (SSSR count). The Balaban J connectivity index is 2.46. The summed E-state index contributed by atoms with van der Waals surface area (Å²) in [5.74, 6) is -0.204. The Labute approximate surface area is 127 Å². The van der Waals surface area contributed by atoms with Crippen LogP contribution in [0.2, 0.25) is 0 Å². The van der Waals surface area contributed by atoms with Gasteiger partial charge in [0.2, 0.25) is 0 Å². The fourth-order valence-corrected chi connectivity index (χ4v) is 3.09. The van der Waals surface area contributed by atoms with Crippen LogP contribution in [0.1, 0.15) is 11.1 Å². The zero-order chi connectivity index (χ0) is 16.5. The lowest BCUT2D eigenvalue weighted by Crippen LogP contribution is -2.11. The van der Waals surface area contributed by atoms with Gasteiger partial charge in [-0.3, -0.25) is 10.1 Å². The number of rotatable bonds is 4. The van der Waals surface area contributed by atoms with E-state index >= 15 is 0 Å². The largest absolute Gasteiger partial charge is 0.508 e. The van der Waals surface area contributed by atoms with Crippen LogP contribution in [0.15, 0.2) is 41.3 Å². The van der Waals surface area contributed by atoms with E-state index in [0.29, 0.717) is 11.1 Å². The molecule has 0 aliphatic carbocycles. The molecular formula is C14H13NO6S. The summed E-state index contributed by atoms with van der Waals surface area (Å²) in [6.07, 6.45) is 0. The molecule has 22 heavy (non-hydrogen) atoms. The van der Waals surface area contributed by atoms with Crippen molar-refractivity contribution in [1.82, 2.24) is 0 Å². The number of nitrogens with zero attached hydrogens (tertiary/aromatic N) is 1. The van der Waals surface area contributed by atoms with E-state index in [1.165, 1.54) is 31.2 Å². The van der Waals surface area contributed by atoms with Gasteiger partial charge in [-0.1, -0.05) is 6.07 Å². The number of hydrogen-bond donors (Lipinski definition) is 1. The number of phenolic OH excluding ortho intramolecular Hbond substituents is 1. The molecule has 0 atom stereocenters. The van der Waals surface area contributed by atoms with Crippen molar-refractivity contribution in [3.63, 3.8) is 0 Å². The zero-order valence-corrected chi connectivity index (χ0v) is 12.6. The smallest absolute Gasteiger partial charge is 0.339 e. The molecule has 7 nitrogen and oxygen atoms in total. The molecule has 0 heterocycles. The number of aryl methyl sites for hydroxylation is 2. The third-order valence-electron chi connectivity index (χ3n) is 2.89. The molecule has 116 valence electrons. The van der Waals surface area contributed by atoms with Crippen molar-refractivity contribution >= 4 is 15.8 Å². The van der Waals surface area contributed by atoms with Gasteiger partial charge in [-0.15, -0.1) is 0 Å². The highest BCUT2D eigenvalue weighted by Crippen LogP contribution is 2.27. The number of hydrogen-bond acceptors (Lipinski definition) is 6. The lowest BCUT2D eigenvalue weighted by molar-refractivity contribution is -0.385. The molecule has 8 heteroatoms. The Morgan fingerprint density at radius 3 is 2.41 bits per heavy atom. The van der Waals surface area contributed by atoms with Gasteiger partial charge in [0.25, 0.3) is 5.69 Å². The molecule has 0 aliphatic heterocycles. The van der Waals surface area contributed by atoms with E-state index in [2.05, 4.69) is 0 Å². The van der Waals surface area contributed by atoms with E-state index in [9.17, 15) is 23.6 Å². The lowest BCUT2D eigenvalue weighted by atomic mass is 10.2. The van der Waals surface area contributed by atoms with Crippen molar-refractivity contribution in [3.05, 3.63) is 57.6 Å². The Morgan fingerprint density at radius 1 is 1.14 bits per heavy atom. The number of nitro benzene ring substituents is 1. The highest BCUT2D eigenvalue weighted by Gasteiger charge is 2.23. The third-order valence-corrected chi connectivity index (χ3v) is 4.28. The van der Waals surface area contributed by atoms with Crippen LogP contribution >= 0.6 is 0 Å². The van der Waals surface area contributed by atoms with E-state index < -0.39 is 15.0 Å². The van der Waals surface area contributed by atoms with Crippen LogP contribution in [-0.4, -0.2) is 18.4 Å². The average molecular weight is 323 g/mol. The monoisotopic (exact) mass is 323 g/mol. The normalized spacial score (nSPS) is 11.2. The molecule has 0 radical (unpaired) electrons. The summed E-state index contributed by atoms with van der Waals surface area (Å²) in [5.41, 5.74) is 0.586. The van der Waals surface area contributed by atoms with E-state index in [1.807, 2.05) is 0 Å². The zero-order valence-electron chi connectivity index (χ0n) is 11.8. The molecule has 0 fully saturated rings. The van der Waals surface area contributed by atoms with Crippen LogP contribution in [0.3, 0.4) is 0 Å². The molecule has 2 aromatic rings. The highest BCUT2D eigenvalue weighted by atomic mass is 32.2. The Kier molecular flexibility index (Phi) is 4.05. The average Bonchev–Trinajstić information content (AvgIpc) is 2.36. The van der Waals surface area contributed by atoms with Crippen LogP contribution in [0.4, 0.5) is 5.69 Å². The Morgan fingerprint density at radius 2 is 1.82 bits per heavy atom. The van der Waals surface area contributed by atoms with Crippen LogP contribution in [0.5, 0.6) is 11.5 Å². The van der Waals surface area contributed by atoms with Gasteiger partial charge in [0.15, 0.2) is 0 Å². The second-order valence-electron chi connectivity index (χ2n) is 4.75. The van der Waals surface area contributed by atoms with Crippen LogP contribution in [0.25, 0.3) is 0 Å². The van der Waals surface area contributed by atoms with Gasteiger partial charge >= 0.3 is 10.1 Å². The van der Waals surface area contributed by atoms with E-state index in [1.54, 1.807) is 6.92 Å². The Bertz CT molecular complexity index is 824. The van der Waals surface area contributed by atoms with Crippen LogP contribution in [0, 0.1) is 24.0 Å². The maximum absolute atomic E-state index is 12.3. The van der Waals surface area contributed by atoms with Gasteiger partial charge in [-0.05, 0) is 37.1 Å². The molecule has 0 saturated heterocycles. The third kappa shape index (κ3) is 3.34. The molecule has 0 unspecified atom stereocenters. The first-order chi connectivity index (χ1) is 10.2. The minimum absolute atomic E-state index is 0.0663. The van der Waals surface area contributed by atoms with Crippen LogP contribution < -0.4 is 4.18 Å². The molecule has 0 aromatic heterocycles. The summed E-state index contributed by atoms with van der Waals surface area (Å²) in [7, 11) is -4.25. The van der Waals surface area contributed by atoms with Crippen molar-refractivity contribution in [1.29, 1.82) is 0 Å². The first kappa shape index (κ1) is 15.8. The SMILES string of the molecule is Cc1cc(O)cc(OS(=O)(=O)c2cc([N+](=O)[O-])ccc2C)c1. The standard InChI is InChI=1S/C14H13NO6S/c1-9-5-12(16)8-13(6-9)21-22(19,20)14-7-11(15(17)18)4-3-10(14)2/h3-8,16H,1-2H3. The number of benzene rings is 2.